The van der Waals surface area contributed by atoms with Gasteiger partial charge in [-0.1, -0.05) is 42.0 Å². The summed E-state index contributed by atoms with van der Waals surface area (Å²) in [6.45, 7) is 2.05. The molecule has 8 heteroatoms. The summed E-state index contributed by atoms with van der Waals surface area (Å²) >= 11 is 0. The fourth-order valence-electron chi connectivity index (χ4n) is 2.35. The molecule has 0 radical (unpaired) electrons. The van der Waals surface area contributed by atoms with Crippen molar-refractivity contribution in [3.63, 3.8) is 0 Å². The number of nitrogens with two attached hydrogens (primary N) is 1. The number of hydrogen-bond donors (Lipinski definition) is 1. The first-order chi connectivity index (χ1) is 11.7. The van der Waals surface area contributed by atoms with Crippen LogP contribution in [0.15, 0.2) is 48.5 Å². The largest absolute Gasteiger partial charge is 0.573 e. The van der Waals surface area contributed by atoms with Crippen LogP contribution in [0.5, 0.6) is 5.75 Å². The first-order valence-electron chi connectivity index (χ1n) is 7.57. The van der Waals surface area contributed by atoms with Crippen LogP contribution in [0.2, 0.25) is 0 Å². The number of hydrogen-bond acceptors (Lipinski definition) is 3. The van der Waals surface area contributed by atoms with Crippen LogP contribution in [0.25, 0.3) is 0 Å². The molecule has 0 saturated carbocycles. The summed E-state index contributed by atoms with van der Waals surface area (Å²) in [6, 6.07) is 12.0. The molecule has 2 aromatic carbocycles. The highest BCUT2D eigenvalue weighted by atomic mass is 35.5. The van der Waals surface area contributed by atoms with E-state index in [1.165, 1.54) is 23.1 Å². The molecule has 0 aromatic heterocycles. The average Bonchev–Trinajstić information content (AvgIpc) is 2.53. The number of carbonyl (C=O) groups is 1. The monoisotopic (exact) mass is 388 g/mol. The lowest BCUT2D eigenvalue weighted by Gasteiger charge is -2.22. The second-order valence-corrected chi connectivity index (χ2v) is 5.78. The molecule has 2 N–H and O–H groups in total. The van der Waals surface area contributed by atoms with E-state index in [9.17, 15) is 18.0 Å². The second-order valence-electron chi connectivity index (χ2n) is 5.78. The van der Waals surface area contributed by atoms with E-state index in [0.29, 0.717) is 11.1 Å². The molecule has 2 rings (SSSR count). The van der Waals surface area contributed by atoms with E-state index in [2.05, 4.69) is 4.74 Å². The molecule has 0 saturated heterocycles. The summed E-state index contributed by atoms with van der Waals surface area (Å²) < 4.78 is 40.7. The van der Waals surface area contributed by atoms with Crippen LogP contribution in [0.3, 0.4) is 0 Å². The maximum atomic E-state index is 12.4. The van der Waals surface area contributed by atoms with Crippen molar-refractivity contribution in [2.45, 2.75) is 25.9 Å². The van der Waals surface area contributed by atoms with Crippen molar-refractivity contribution >= 4 is 18.3 Å². The Morgan fingerprint density at radius 2 is 1.81 bits per heavy atom. The smallest absolute Gasteiger partial charge is 0.406 e. The van der Waals surface area contributed by atoms with Gasteiger partial charge in [-0.25, -0.2) is 0 Å². The Morgan fingerprint density at radius 1 is 1.19 bits per heavy atom. The zero-order valence-corrected chi connectivity index (χ0v) is 15.1. The third kappa shape index (κ3) is 6.24. The molecular weight excluding hydrogens is 369 g/mol. The fraction of sp³-hybridized carbons (Fsp3) is 0.278. The van der Waals surface area contributed by atoms with E-state index in [-0.39, 0.29) is 30.6 Å². The number of likely N-dealkylation sites (N-methyl/N-ethyl adjacent to an activating group) is 1. The SMILES string of the molecule is Cc1ccc(C(N)C(=O)N(C)Cc2cccc(OC(F)(F)F)c2)cc1.Cl. The lowest BCUT2D eigenvalue weighted by Crippen LogP contribution is -2.35. The molecule has 1 amide bonds. The summed E-state index contributed by atoms with van der Waals surface area (Å²) in [6.07, 6.45) is -4.76. The lowest BCUT2D eigenvalue weighted by atomic mass is 10.0. The van der Waals surface area contributed by atoms with Crippen LogP contribution >= 0.6 is 12.4 Å². The molecule has 4 nitrogen and oxygen atoms in total. The first-order valence-corrected chi connectivity index (χ1v) is 7.57. The highest BCUT2D eigenvalue weighted by Gasteiger charge is 2.31. The number of alkyl halides is 3. The molecule has 1 unspecified atom stereocenters. The summed E-state index contributed by atoms with van der Waals surface area (Å²) in [5.41, 5.74) is 8.23. The van der Waals surface area contributed by atoms with Gasteiger partial charge in [-0.3, -0.25) is 4.79 Å². The number of amides is 1. The molecule has 142 valence electrons. The Balaban J connectivity index is 0.00000338. The maximum Gasteiger partial charge on any atom is 0.573 e. The molecule has 0 aliphatic carbocycles. The van der Waals surface area contributed by atoms with Crippen LogP contribution in [0.4, 0.5) is 13.2 Å². The van der Waals surface area contributed by atoms with E-state index in [1.807, 2.05) is 19.1 Å². The highest BCUT2D eigenvalue weighted by Crippen LogP contribution is 2.24. The summed E-state index contributed by atoms with van der Waals surface area (Å²) in [4.78, 5) is 13.8. The first kappa shape index (κ1) is 21.8. The molecule has 0 aliphatic rings. The molecule has 26 heavy (non-hydrogen) atoms. The summed E-state index contributed by atoms with van der Waals surface area (Å²) in [5, 5.41) is 0. The third-order valence-corrected chi connectivity index (χ3v) is 3.63. The Labute approximate surface area is 156 Å². The second kappa shape index (κ2) is 8.91. The van der Waals surface area contributed by atoms with Gasteiger partial charge in [0.2, 0.25) is 5.91 Å². The standard InChI is InChI=1S/C18H19F3N2O2.ClH/c1-12-6-8-14(9-7-12)16(22)17(24)23(2)11-13-4-3-5-15(10-13)25-18(19,20)21;/h3-10,16H,11,22H2,1-2H3;1H. The lowest BCUT2D eigenvalue weighted by molar-refractivity contribution is -0.274. The fourth-order valence-corrected chi connectivity index (χ4v) is 2.35. The normalized spacial score (nSPS) is 12.1. The van der Waals surface area contributed by atoms with Crippen molar-refractivity contribution in [1.82, 2.24) is 4.90 Å². The number of carbonyl (C=O) groups excluding carboxylic acids is 1. The number of halogens is 4. The molecule has 1 atom stereocenters. The minimum atomic E-state index is -4.76. The summed E-state index contributed by atoms with van der Waals surface area (Å²) in [5.74, 6) is -0.653. The zero-order chi connectivity index (χ0) is 18.6. The highest BCUT2D eigenvalue weighted by molar-refractivity contribution is 5.85. The average molecular weight is 389 g/mol. The van der Waals surface area contributed by atoms with E-state index in [0.717, 1.165) is 5.56 Å². The van der Waals surface area contributed by atoms with Gasteiger partial charge in [0.25, 0.3) is 0 Å². The number of nitrogens with zero attached hydrogens (tertiary/aromatic N) is 1. The van der Waals surface area contributed by atoms with Gasteiger partial charge in [-0.15, -0.1) is 25.6 Å². The Kier molecular flexibility index (Phi) is 7.47. The van der Waals surface area contributed by atoms with Crippen LogP contribution in [-0.2, 0) is 11.3 Å². The number of ether oxygens (including phenoxy) is 1. The van der Waals surface area contributed by atoms with Crippen LogP contribution in [-0.4, -0.2) is 24.2 Å². The molecule has 2 aromatic rings. The van der Waals surface area contributed by atoms with Crippen LogP contribution in [0, 0.1) is 6.92 Å². The third-order valence-electron chi connectivity index (χ3n) is 3.63. The van der Waals surface area contributed by atoms with Gasteiger partial charge in [0.15, 0.2) is 0 Å². The minimum absolute atomic E-state index is 0. The molecule has 0 heterocycles. The minimum Gasteiger partial charge on any atom is -0.406 e. The van der Waals surface area contributed by atoms with Crippen molar-refractivity contribution in [3.05, 3.63) is 65.2 Å². The maximum absolute atomic E-state index is 12.4. The Hall–Kier alpha value is -2.25. The predicted octanol–water partition coefficient (Wildman–Crippen LogP) is 3.97. The van der Waals surface area contributed by atoms with Gasteiger partial charge < -0.3 is 15.4 Å². The number of aryl methyl sites for hydroxylation is 1. The molecule has 0 bridgehead atoms. The van der Waals surface area contributed by atoms with Crippen molar-refractivity contribution < 1.29 is 22.7 Å². The quantitative estimate of drug-likeness (QED) is 0.843. The van der Waals surface area contributed by atoms with Crippen molar-refractivity contribution in [1.29, 1.82) is 0 Å². The number of benzene rings is 2. The molecule has 0 fully saturated rings. The van der Waals surface area contributed by atoms with Crippen molar-refractivity contribution in [2.24, 2.45) is 5.73 Å². The van der Waals surface area contributed by atoms with Crippen LogP contribution in [0.1, 0.15) is 22.7 Å². The molecular formula is C18H20ClF3N2O2. The topological polar surface area (TPSA) is 55.6 Å². The van der Waals surface area contributed by atoms with Gasteiger partial charge in [0, 0.05) is 13.6 Å². The van der Waals surface area contributed by atoms with Gasteiger partial charge in [-0.2, -0.15) is 0 Å². The molecule has 0 aliphatic heterocycles. The van der Waals surface area contributed by atoms with E-state index in [4.69, 9.17) is 5.73 Å². The van der Waals surface area contributed by atoms with E-state index in [1.54, 1.807) is 25.2 Å². The van der Waals surface area contributed by atoms with Gasteiger partial charge >= 0.3 is 6.36 Å². The Morgan fingerprint density at radius 3 is 2.38 bits per heavy atom. The van der Waals surface area contributed by atoms with Gasteiger partial charge in [0.05, 0.1) is 0 Å². The molecule has 0 spiro atoms. The predicted molar refractivity (Wildman–Crippen MR) is 95.0 cm³/mol. The van der Waals surface area contributed by atoms with Gasteiger partial charge in [-0.05, 0) is 30.2 Å². The van der Waals surface area contributed by atoms with E-state index < -0.39 is 12.4 Å². The number of rotatable bonds is 5. The summed E-state index contributed by atoms with van der Waals surface area (Å²) in [7, 11) is 1.55. The van der Waals surface area contributed by atoms with Crippen molar-refractivity contribution in [2.75, 3.05) is 7.05 Å². The van der Waals surface area contributed by atoms with Crippen molar-refractivity contribution in [3.8, 4) is 5.75 Å². The van der Waals surface area contributed by atoms with E-state index >= 15 is 0 Å². The van der Waals surface area contributed by atoms with Gasteiger partial charge in [0.1, 0.15) is 11.8 Å². The Bertz CT molecular complexity index is 736. The zero-order valence-electron chi connectivity index (χ0n) is 14.3. The van der Waals surface area contributed by atoms with Crippen LogP contribution < -0.4 is 10.5 Å².